The van der Waals surface area contributed by atoms with Crippen molar-refractivity contribution in [3.8, 4) is 0 Å². The number of hydrogen-bond acceptors (Lipinski definition) is 6. The maximum absolute atomic E-state index is 11.4. The molecule has 0 N–H and O–H groups in total. The summed E-state index contributed by atoms with van der Waals surface area (Å²) in [5.41, 5.74) is 0. The van der Waals surface area contributed by atoms with Gasteiger partial charge in [0.05, 0.1) is 19.5 Å². The Hall–Kier alpha value is -2.37. The predicted molar refractivity (Wildman–Crippen MR) is 131 cm³/mol. The molecule has 0 aliphatic carbocycles. The second-order valence-electron chi connectivity index (χ2n) is 6.98. The van der Waals surface area contributed by atoms with Crippen LogP contribution in [0.1, 0.15) is 97.8 Å². The Morgan fingerprint density at radius 1 is 0.656 bits per heavy atom. The summed E-state index contributed by atoms with van der Waals surface area (Å²) in [6, 6.07) is 0. The highest BCUT2D eigenvalue weighted by Crippen LogP contribution is 2.06. The third-order valence-electron chi connectivity index (χ3n) is 4.09. The minimum atomic E-state index is -0.472. The highest BCUT2D eigenvalue weighted by atomic mass is 16.5. The molecule has 0 bridgehead atoms. The Morgan fingerprint density at radius 2 is 1.00 bits per heavy atom. The van der Waals surface area contributed by atoms with Gasteiger partial charge in [0, 0.05) is 19.1 Å². The Kier molecular flexibility index (Phi) is 33.0. The molecule has 186 valence electrons. The van der Waals surface area contributed by atoms with Crippen molar-refractivity contribution in [1.29, 1.82) is 0 Å². The molecule has 32 heavy (non-hydrogen) atoms. The Balaban J connectivity index is -0.000000899. The van der Waals surface area contributed by atoms with Gasteiger partial charge in [-0.05, 0) is 12.8 Å². The molecule has 0 saturated heterocycles. The largest absolute Gasteiger partial charge is 0.463 e. The van der Waals surface area contributed by atoms with Crippen molar-refractivity contribution >= 4 is 17.9 Å². The fraction of sp³-hybridized carbons (Fsp3) is 0.654. The molecular weight excluding hydrogens is 408 g/mol. The van der Waals surface area contributed by atoms with Crippen molar-refractivity contribution in [2.45, 2.75) is 97.8 Å². The lowest BCUT2D eigenvalue weighted by molar-refractivity contribution is -0.140. The highest BCUT2D eigenvalue weighted by Gasteiger charge is 2.01. The SMILES string of the molecule is C=C.C=COC(C)=O.CCCCCCCCOC(=O)C=CC(=O)OCCCCCCCC. The van der Waals surface area contributed by atoms with Gasteiger partial charge in [0.15, 0.2) is 0 Å². The molecule has 0 fully saturated rings. The van der Waals surface area contributed by atoms with E-state index in [4.69, 9.17) is 9.47 Å². The van der Waals surface area contributed by atoms with Crippen molar-refractivity contribution in [1.82, 2.24) is 0 Å². The van der Waals surface area contributed by atoms with Crippen LogP contribution in [0.15, 0.2) is 38.2 Å². The third-order valence-corrected chi connectivity index (χ3v) is 4.09. The first-order chi connectivity index (χ1) is 15.5. The van der Waals surface area contributed by atoms with Crippen LogP contribution in [0, 0.1) is 0 Å². The average molecular weight is 455 g/mol. The number of ether oxygens (including phenoxy) is 3. The van der Waals surface area contributed by atoms with E-state index in [9.17, 15) is 14.4 Å². The van der Waals surface area contributed by atoms with Crippen LogP contribution in [0.2, 0.25) is 0 Å². The fourth-order valence-corrected chi connectivity index (χ4v) is 2.46. The van der Waals surface area contributed by atoms with Gasteiger partial charge < -0.3 is 14.2 Å². The summed E-state index contributed by atoms with van der Waals surface area (Å²) in [5.74, 6) is -1.27. The standard InChI is InChI=1S/C20H36O4.C4H6O2.C2H4/c1-3-5-7-9-11-13-17-23-19(21)15-16-20(22)24-18-14-12-10-8-6-4-2;1-3-6-4(2)5;1-2/h15-16H,3-14,17-18H2,1-2H3;3H,1H2,2H3;1-2H2. The maximum atomic E-state index is 11.4. The highest BCUT2D eigenvalue weighted by molar-refractivity contribution is 5.91. The zero-order valence-corrected chi connectivity index (χ0v) is 20.7. The van der Waals surface area contributed by atoms with E-state index in [1.807, 2.05) is 0 Å². The zero-order chi connectivity index (χ0) is 24.9. The maximum Gasteiger partial charge on any atom is 0.331 e. The van der Waals surface area contributed by atoms with Crippen LogP contribution in [-0.4, -0.2) is 31.1 Å². The zero-order valence-electron chi connectivity index (χ0n) is 20.7. The molecule has 0 saturated carbocycles. The van der Waals surface area contributed by atoms with Crippen LogP contribution in [-0.2, 0) is 28.6 Å². The van der Waals surface area contributed by atoms with Crippen molar-refractivity contribution in [2.24, 2.45) is 0 Å². The van der Waals surface area contributed by atoms with E-state index in [1.54, 1.807) is 0 Å². The van der Waals surface area contributed by atoms with Gasteiger partial charge in [0.25, 0.3) is 0 Å². The number of rotatable bonds is 17. The summed E-state index contributed by atoms with van der Waals surface area (Å²) >= 11 is 0. The molecule has 0 heterocycles. The van der Waals surface area contributed by atoms with Gasteiger partial charge in [-0.25, -0.2) is 9.59 Å². The molecule has 6 nitrogen and oxygen atoms in total. The summed E-state index contributed by atoms with van der Waals surface area (Å²) < 4.78 is 14.3. The molecule has 0 radical (unpaired) electrons. The lowest BCUT2D eigenvalue weighted by Gasteiger charge is -2.03. The van der Waals surface area contributed by atoms with Crippen molar-refractivity contribution in [3.05, 3.63) is 38.2 Å². The predicted octanol–water partition coefficient (Wildman–Crippen LogP) is 6.85. The number of carbonyl (C=O) groups excluding carboxylic acids is 3. The molecule has 0 unspecified atom stereocenters. The van der Waals surface area contributed by atoms with E-state index in [2.05, 4.69) is 38.3 Å². The summed E-state index contributed by atoms with van der Waals surface area (Å²) in [6.07, 6.45) is 17.2. The molecule has 0 atom stereocenters. The van der Waals surface area contributed by atoms with Gasteiger partial charge in [-0.2, -0.15) is 0 Å². The molecule has 0 aromatic carbocycles. The van der Waals surface area contributed by atoms with E-state index in [-0.39, 0.29) is 5.97 Å². The topological polar surface area (TPSA) is 78.9 Å². The van der Waals surface area contributed by atoms with Gasteiger partial charge in [-0.1, -0.05) is 84.6 Å². The quantitative estimate of drug-likeness (QED) is 0.0597. The summed E-state index contributed by atoms with van der Waals surface area (Å²) in [5, 5.41) is 0. The first-order valence-corrected chi connectivity index (χ1v) is 11.8. The van der Waals surface area contributed by atoms with Crippen LogP contribution in [0.4, 0.5) is 0 Å². The van der Waals surface area contributed by atoms with Crippen molar-refractivity contribution in [3.63, 3.8) is 0 Å². The Labute approximate surface area is 196 Å². The second kappa shape index (κ2) is 30.8. The molecule has 0 aliphatic rings. The lowest BCUT2D eigenvalue weighted by Crippen LogP contribution is -2.06. The number of carbonyl (C=O) groups is 3. The van der Waals surface area contributed by atoms with E-state index >= 15 is 0 Å². The van der Waals surface area contributed by atoms with Gasteiger partial charge in [-0.3, -0.25) is 4.79 Å². The number of unbranched alkanes of at least 4 members (excludes halogenated alkanes) is 10. The normalized spacial score (nSPS) is 9.59. The molecule has 0 spiro atoms. The monoisotopic (exact) mass is 454 g/mol. The van der Waals surface area contributed by atoms with Crippen LogP contribution >= 0.6 is 0 Å². The average Bonchev–Trinajstić information content (AvgIpc) is 2.78. The smallest absolute Gasteiger partial charge is 0.331 e. The van der Waals surface area contributed by atoms with Crippen molar-refractivity contribution in [2.75, 3.05) is 13.2 Å². The molecule has 0 amide bonds. The Morgan fingerprint density at radius 3 is 1.28 bits per heavy atom. The summed E-state index contributed by atoms with van der Waals surface area (Å²) in [4.78, 5) is 32.6. The number of hydrogen-bond donors (Lipinski definition) is 0. The van der Waals surface area contributed by atoms with E-state index in [0.29, 0.717) is 13.2 Å². The van der Waals surface area contributed by atoms with Crippen LogP contribution < -0.4 is 0 Å². The fourth-order valence-electron chi connectivity index (χ4n) is 2.46. The van der Waals surface area contributed by atoms with Crippen LogP contribution in [0.5, 0.6) is 0 Å². The summed E-state index contributed by atoms with van der Waals surface area (Å²) in [7, 11) is 0. The van der Waals surface area contributed by atoms with E-state index in [1.165, 1.54) is 58.3 Å². The Bertz CT molecular complexity index is 453. The van der Waals surface area contributed by atoms with Crippen molar-refractivity contribution < 1.29 is 28.6 Å². The number of esters is 3. The molecule has 6 heteroatoms. The molecular formula is C26H46O6. The first-order valence-electron chi connectivity index (χ1n) is 11.8. The second-order valence-corrected chi connectivity index (χ2v) is 6.98. The molecule has 0 aliphatic heterocycles. The first kappa shape index (κ1) is 34.2. The van der Waals surface area contributed by atoms with Gasteiger partial charge in [0.2, 0.25) is 0 Å². The lowest BCUT2D eigenvalue weighted by atomic mass is 10.1. The molecule has 0 aromatic heterocycles. The molecule has 0 aromatic rings. The minimum absolute atomic E-state index is 0.329. The minimum Gasteiger partial charge on any atom is -0.463 e. The van der Waals surface area contributed by atoms with Gasteiger partial charge in [0.1, 0.15) is 0 Å². The van der Waals surface area contributed by atoms with Gasteiger partial charge in [-0.15, -0.1) is 13.2 Å². The summed E-state index contributed by atoms with van der Waals surface area (Å²) in [6.45, 7) is 15.7. The van der Waals surface area contributed by atoms with Crippen LogP contribution in [0.25, 0.3) is 0 Å². The molecule has 0 rings (SSSR count). The van der Waals surface area contributed by atoms with E-state index in [0.717, 1.165) is 44.1 Å². The van der Waals surface area contributed by atoms with E-state index < -0.39 is 11.9 Å². The van der Waals surface area contributed by atoms with Crippen LogP contribution in [0.3, 0.4) is 0 Å². The van der Waals surface area contributed by atoms with Gasteiger partial charge >= 0.3 is 17.9 Å². The third kappa shape index (κ3) is 35.1.